The number of anilines is 1. The van der Waals surface area contributed by atoms with Gasteiger partial charge in [-0.15, -0.1) is 0 Å². The van der Waals surface area contributed by atoms with E-state index >= 15 is 0 Å². The number of amides is 1. The Bertz CT molecular complexity index is 552. The molecule has 0 atom stereocenters. The molecule has 1 aromatic rings. The van der Waals surface area contributed by atoms with E-state index in [1.54, 1.807) is 5.32 Å². The highest BCUT2D eigenvalue weighted by Gasteiger charge is 2.39. The number of carbonyl (C=O) groups excluding carboxylic acids is 2. The maximum absolute atomic E-state index is 12.2. The first-order valence-electron chi connectivity index (χ1n) is 5.48. The Labute approximate surface area is 106 Å². The van der Waals surface area contributed by atoms with E-state index in [2.05, 4.69) is 0 Å². The van der Waals surface area contributed by atoms with E-state index in [0.29, 0.717) is 11.1 Å². The fourth-order valence-electron chi connectivity index (χ4n) is 1.74. The predicted octanol–water partition coefficient (Wildman–Crippen LogP) is 2.46. The van der Waals surface area contributed by atoms with Gasteiger partial charge in [-0.3, -0.25) is 9.59 Å². The number of hydrogen-bond donors (Lipinski definition) is 1. The van der Waals surface area contributed by atoms with Gasteiger partial charge in [0.05, 0.1) is 12.2 Å². The van der Waals surface area contributed by atoms with E-state index in [1.807, 2.05) is 0 Å². The molecule has 2 rings (SSSR count). The lowest BCUT2D eigenvalue weighted by atomic mass is 10.0. The minimum atomic E-state index is -4.96. The first-order chi connectivity index (χ1) is 8.79. The van der Waals surface area contributed by atoms with Crippen molar-refractivity contribution in [1.29, 1.82) is 0 Å². The van der Waals surface area contributed by atoms with Crippen molar-refractivity contribution in [2.24, 2.45) is 0 Å². The monoisotopic (exact) mass is 273 g/mol. The number of fused-ring (bicyclic) bond motifs is 1. The third kappa shape index (κ3) is 2.69. The molecule has 19 heavy (non-hydrogen) atoms. The number of Topliss-reactive ketones (excluding diaryl/α,β-unsaturated/α-hetero) is 1. The van der Waals surface area contributed by atoms with Gasteiger partial charge >= 0.3 is 12.1 Å². The van der Waals surface area contributed by atoms with Crippen molar-refractivity contribution >= 4 is 17.4 Å². The molecule has 1 aliphatic heterocycles. The number of hydrogen-bond acceptors (Lipinski definition) is 3. The van der Waals surface area contributed by atoms with E-state index in [4.69, 9.17) is 4.74 Å². The lowest BCUT2D eigenvalue weighted by molar-refractivity contribution is -0.167. The van der Waals surface area contributed by atoms with Crippen molar-refractivity contribution in [1.82, 2.24) is 0 Å². The highest BCUT2D eigenvalue weighted by Crippen LogP contribution is 2.31. The second-order valence-electron chi connectivity index (χ2n) is 4.14. The van der Waals surface area contributed by atoms with Crippen LogP contribution in [0.3, 0.4) is 0 Å². The normalized spacial score (nSPS) is 14.6. The van der Waals surface area contributed by atoms with Gasteiger partial charge in [0, 0.05) is 18.2 Å². The average molecular weight is 273 g/mol. The standard InChI is InChI=1S/C12H10F3NO3/c1-6-4-7-9(17)2-3-19-10(7)5-8(6)16-11(18)12(13,14)15/h4-5H,2-3H2,1H3,(H,16,18). The summed E-state index contributed by atoms with van der Waals surface area (Å²) in [6.45, 7) is 1.69. The Morgan fingerprint density at radius 2 is 2.05 bits per heavy atom. The van der Waals surface area contributed by atoms with Gasteiger partial charge in [0.25, 0.3) is 0 Å². The molecule has 1 heterocycles. The molecule has 0 radical (unpaired) electrons. The number of ether oxygens (including phenoxy) is 1. The molecule has 0 spiro atoms. The Morgan fingerprint density at radius 1 is 1.37 bits per heavy atom. The summed E-state index contributed by atoms with van der Waals surface area (Å²) in [5, 5.41) is 1.76. The van der Waals surface area contributed by atoms with Crippen LogP contribution in [-0.4, -0.2) is 24.5 Å². The summed E-state index contributed by atoms with van der Waals surface area (Å²) in [4.78, 5) is 22.5. The molecular weight excluding hydrogens is 263 g/mol. The van der Waals surface area contributed by atoms with Gasteiger partial charge in [0.2, 0.25) is 0 Å². The smallest absolute Gasteiger partial charge is 0.471 e. The van der Waals surface area contributed by atoms with Gasteiger partial charge in [-0.05, 0) is 18.6 Å². The zero-order chi connectivity index (χ0) is 14.2. The maximum atomic E-state index is 12.2. The van der Waals surface area contributed by atoms with E-state index in [0.717, 1.165) is 0 Å². The number of ketones is 1. The first kappa shape index (κ1) is 13.4. The van der Waals surface area contributed by atoms with Crippen LogP contribution in [0.1, 0.15) is 22.3 Å². The topological polar surface area (TPSA) is 55.4 Å². The predicted molar refractivity (Wildman–Crippen MR) is 60.3 cm³/mol. The van der Waals surface area contributed by atoms with Gasteiger partial charge in [-0.2, -0.15) is 13.2 Å². The molecule has 0 saturated heterocycles. The summed E-state index contributed by atoms with van der Waals surface area (Å²) in [5.74, 6) is -1.99. The van der Waals surface area contributed by atoms with Crippen LogP contribution >= 0.6 is 0 Å². The van der Waals surface area contributed by atoms with Crippen LogP contribution in [0.15, 0.2) is 12.1 Å². The van der Waals surface area contributed by atoms with Gasteiger partial charge in [-0.25, -0.2) is 0 Å². The second kappa shape index (κ2) is 4.56. The van der Waals surface area contributed by atoms with Crippen molar-refractivity contribution in [3.8, 4) is 5.75 Å². The Kier molecular flexibility index (Phi) is 3.21. The zero-order valence-electron chi connectivity index (χ0n) is 9.93. The summed E-state index contributed by atoms with van der Waals surface area (Å²) in [5.41, 5.74) is 0.680. The molecule has 1 aliphatic rings. The molecule has 0 saturated carbocycles. The van der Waals surface area contributed by atoms with Crippen molar-refractivity contribution < 1.29 is 27.5 Å². The Morgan fingerprint density at radius 3 is 2.68 bits per heavy atom. The number of carbonyl (C=O) groups is 2. The molecule has 102 valence electrons. The molecule has 7 heteroatoms. The second-order valence-corrected chi connectivity index (χ2v) is 4.14. The fourth-order valence-corrected chi connectivity index (χ4v) is 1.74. The minimum absolute atomic E-state index is 0.0178. The van der Waals surface area contributed by atoms with Crippen LogP contribution in [0.5, 0.6) is 5.75 Å². The first-order valence-corrected chi connectivity index (χ1v) is 5.48. The highest BCUT2D eigenvalue weighted by molar-refractivity contribution is 6.02. The van der Waals surface area contributed by atoms with Crippen LogP contribution in [0.4, 0.5) is 18.9 Å². The fraction of sp³-hybridized carbons (Fsp3) is 0.333. The molecule has 1 amide bonds. The SMILES string of the molecule is Cc1cc2c(cc1NC(=O)C(F)(F)F)OCCC2=O. The third-order valence-corrected chi connectivity index (χ3v) is 2.72. The van der Waals surface area contributed by atoms with Gasteiger partial charge in [0.15, 0.2) is 5.78 Å². The summed E-state index contributed by atoms with van der Waals surface area (Å²) >= 11 is 0. The number of nitrogens with one attached hydrogen (secondary N) is 1. The Balaban J connectivity index is 2.33. The minimum Gasteiger partial charge on any atom is -0.492 e. The van der Waals surface area contributed by atoms with Crippen molar-refractivity contribution in [3.05, 3.63) is 23.3 Å². The molecule has 0 unspecified atom stereocenters. The van der Waals surface area contributed by atoms with Crippen LogP contribution in [0, 0.1) is 6.92 Å². The third-order valence-electron chi connectivity index (χ3n) is 2.72. The Hall–Kier alpha value is -2.05. The number of halogens is 3. The molecule has 0 fully saturated rings. The van der Waals surface area contributed by atoms with E-state index in [1.165, 1.54) is 19.1 Å². The molecular formula is C12H10F3NO3. The zero-order valence-corrected chi connectivity index (χ0v) is 9.93. The van der Waals surface area contributed by atoms with Crippen LogP contribution in [-0.2, 0) is 4.79 Å². The molecule has 0 aromatic heterocycles. The molecule has 1 aromatic carbocycles. The molecule has 4 nitrogen and oxygen atoms in total. The summed E-state index contributed by atoms with van der Waals surface area (Å²) in [6, 6.07) is 2.66. The van der Waals surface area contributed by atoms with Crippen LogP contribution in [0.2, 0.25) is 0 Å². The van der Waals surface area contributed by atoms with E-state index in [-0.39, 0.29) is 30.2 Å². The molecule has 1 N–H and O–H groups in total. The van der Waals surface area contributed by atoms with Crippen molar-refractivity contribution in [2.45, 2.75) is 19.5 Å². The lowest BCUT2D eigenvalue weighted by Crippen LogP contribution is -2.30. The molecule has 0 aliphatic carbocycles. The maximum Gasteiger partial charge on any atom is 0.471 e. The number of alkyl halides is 3. The van der Waals surface area contributed by atoms with Gasteiger partial charge in [-0.1, -0.05) is 0 Å². The summed E-state index contributed by atoms with van der Waals surface area (Å²) in [6.07, 6.45) is -4.72. The largest absolute Gasteiger partial charge is 0.492 e. The van der Waals surface area contributed by atoms with Crippen molar-refractivity contribution in [2.75, 3.05) is 11.9 Å². The van der Waals surface area contributed by atoms with Crippen LogP contribution < -0.4 is 10.1 Å². The summed E-state index contributed by atoms with van der Waals surface area (Å²) < 4.78 is 41.7. The number of rotatable bonds is 1. The quantitative estimate of drug-likeness (QED) is 0.855. The average Bonchev–Trinajstić information content (AvgIpc) is 2.30. The number of aryl methyl sites for hydroxylation is 1. The van der Waals surface area contributed by atoms with E-state index in [9.17, 15) is 22.8 Å². The van der Waals surface area contributed by atoms with Crippen molar-refractivity contribution in [3.63, 3.8) is 0 Å². The lowest BCUT2D eigenvalue weighted by Gasteiger charge is -2.19. The van der Waals surface area contributed by atoms with Gasteiger partial charge < -0.3 is 10.1 Å². The van der Waals surface area contributed by atoms with Gasteiger partial charge in [0.1, 0.15) is 5.75 Å². The van der Waals surface area contributed by atoms with Crippen LogP contribution in [0.25, 0.3) is 0 Å². The highest BCUT2D eigenvalue weighted by atomic mass is 19.4. The number of benzene rings is 1. The van der Waals surface area contributed by atoms with E-state index < -0.39 is 12.1 Å². The molecule has 0 bridgehead atoms. The summed E-state index contributed by atoms with van der Waals surface area (Å²) in [7, 11) is 0.